The Kier molecular flexibility index (Phi) is 3.86. The summed E-state index contributed by atoms with van der Waals surface area (Å²) in [5.41, 5.74) is 6.32. The van der Waals surface area contributed by atoms with Crippen molar-refractivity contribution in [1.29, 1.82) is 0 Å². The van der Waals surface area contributed by atoms with Crippen LogP contribution in [0.1, 0.15) is 31.4 Å². The van der Waals surface area contributed by atoms with Crippen molar-refractivity contribution in [1.82, 2.24) is 4.98 Å². The lowest BCUT2D eigenvalue weighted by Crippen LogP contribution is -2.25. The normalized spacial score (nSPS) is 19.0. The van der Waals surface area contributed by atoms with Crippen molar-refractivity contribution in [3.8, 4) is 0 Å². The van der Waals surface area contributed by atoms with E-state index in [0.717, 1.165) is 12.8 Å². The second-order valence-corrected chi connectivity index (χ2v) is 4.77. The maximum Gasteiger partial charge on any atom is 0.129 e. The zero-order valence-corrected chi connectivity index (χ0v) is 10.5. The minimum Gasteiger partial charge on any atom is -0.386 e. The second-order valence-electron chi connectivity index (χ2n) is 4.33. The fraction of sp³-hybridized carbons (Fsp3) is 0.583. The molecule has 3 N–H and O–H groups in total. The number of nitrogens with two attached hydrogens (primary N) is 1. The standard InChI is InChI=1S/C12H17ClN2O2/c1-2-17-11(7-3-4-7)10(16)9-5-8(13)6-15-12(9)14/h5-7,10-11,16H,2-4H2,1H3,(H2,14,15). The molecule has 5 heteroatoms. The van der Waals surface area contributed by atoms with Gasteiger partial charge in [-0.2, -0.15) is 0 Å². The Bertz CT molecular complexity index is 396. The molecule has 2 unspecified atom stereocenters. The number of aliphatic hydroxyl groups excluding tert-OH is 1. The van der Waals surface area contributed by atoms with Crippen LogP contribution in [0.3, 0.4) is 0 Å². The van der Waals surface area contributed by atoms with Crippen LogP contribution >= 0.6 is 11.6 Å². The Balaban J connectivity index is 2.21. The Morgan fingerprint density at radius 2 is 2.35 bits per heavy atom. The molecular formula is C12H17ClN2O2. The first kappa shape index (κ1) is 12.6. The van der Waals surface area contributed by atoms with Crippen LogP contribution in [0.4, 0.5) is 5.82 Å². The number of aliphatic hydroxyl groups is 1. The molecule has 0 spiro atoms. The molecule has 0 amide bonds. The molecule has 1 fully saturated rings. The third kappa shape index (κ3) is 2.89. The summed E-state index contributed by atoms with van der Waals surface area (Å²) < 4.78 is 5.60. The molecular weight excluding hydrogens is 240 g/mol. The summed E-state index contributed by atoms with van der Waals surface area (Å²) in [4.78, 5) is 3.95. The molecule has 1 aliphatic carbocycles. The minimum atomic E-state index is -0.756. The van der Waals surface area contributed by atoms with Crippen LogP contribution in [0.15, 0.2) is 12.3 Å². The SMILES string of the molecule is CCOC(C1CC1)C(O)c1cc(Cl)cnc1N. The summed E-state index contributed by atoms with van der Waals surface area (Å²) in [7, 11) is 0. The number of ether oxygens (including phenoxy) is 1. The van der Waals surface area contributed by atoms with Gasteiger partial charge in [0.25, 0.3) is 0 Å². The van der Waals surface area contributed by atoms with Gasteiger partial charge in [0.1, 0.15) is 11.9 Å². The van der Waals surface area contributed by atoms with Crippen molar-refractivity contribution in [2.24, 2.45) is 5.92 Å². The van der Waals surface area contributed by atoms with E-state index in [0.29, 0.717) is 28.9 Å². The van der Waals surface area contributed by atoms with Gasteiger partial charge in [0, 0.05) is 18.4 Å². The molecule has 1 aromatic heterocycles. The van der Waals surface area contributed by atoms with Gasteiger partial charge in [-0.1, -0.05) is 11.6 Å². The topological polar surface area (TPSA) is 68.4 Å². The van der Waals surface area contributed by atoms with Crippen LogP contribution in [0.25, 0.3) is 0 Å². The van der Waals surface area contributed by atoms with Crippen LogP contribution < -0.4 is 5.73 Å². The van der Waals surface area contributed by atoms with Crippen LogP contribution in [0.5, 0.6) is 0 Å². The molecule has 4 nitrogen and oxygen atoms in total. The van der Waals surface area contributed by atoms with E-state index in [1.807, 2.05) is 6.92 Å². The molecule has 1 aromatic rings. The highest BCUT2D eigenvalue weighted by Gasteiger charge is 2.38. The Labute approximate surface area is 106 Å². The summed E-state index contributed by atoms with van der Waals surface area (Å²) in [6.07, 6.45) is 2.70. The Morgan fingerprint density at radius 1 is 1.65 bits per heavy atom. The summed E-state index contributed by atoms with van der Waals surface area (Å²) in [5.74, 6) is 0.732. The number of halogens is 1. The van der Waals surface area contributed by atoms with Crippen LogP contribution in [-0.4, -0.2) is 22.8 Å². The van der Waals surface area contributed by atoms with Gasteiger partial charge in [0.15, 0.2) is 0 Å². The van der Waals surface area contributed by atoms with Gasteiger partial charge >= 0.3 is 0 Å². The predicted octanol–water partition coefficient (Wildman–Crippen LogP) is 2.17. The number of anilines is 1. The highest BCUT2D eigenvalue weighted by atomic mass is 35.5. The number of hydrogen-bond acceptors (Lipinski definition) is 4. The van der Waals surface area contributed by atoms with Crippen molar-refractivity contribution in [3.63, 3.8) is 0 Å². The van der Waals surface area contributed by atoms with Crippen LogP contribution in [-0.2, 0) is 4.74 Å². The maximum absolute atomic E-state index is 10.3. The highest BCUT2D eigenvalue weighted by Crippen LogP contribution is 2.41. The fourth-order valence-electron chi connectivity index (χ4n) is 1.98. The number of aromatic nitrogens is 1. The Hall–Kier alpha value is -0.840. The molecule has 1 heterocycles. The van der Waals surface area contributed by atoms with Crippen molar-refractivity contribution < 1.29 is 9.84 Å². The van der Waals surface area contributed by atoms with Gasteiger partial charge in [0.2, 0.25) is 0 Å². The first-order valence-corrected chi connectivity index (χ1v) is 6.21. The molecule has 94 valence electrons. The Morgan fingerprint density at radius 3 is 2.94 bits per heavy atom. The lowest BCUT2D eigenvalue weighted by atomic mass is 10.0. The van der Waals surface area contributed by atoms with E-state index >= 15 is 0 Å². The van der Waals surface area contributed by atoms with Gasteiger partial charge in [-0.3, -0.25) is 0 Å². The maximum atomic E-state index is 10.3. The van der Waals surface area contributed by atoms with E-state index < -0.39 is 6.10 Å². The lowest BCUT2D eigenvalue weighted by Gasteiger charge is -2.23. The summed E-state index contributed by atoms with van der Waals surface area (Å²) >= 11 is 5.87. The van der Waals surface area contributed by atoms with Crippen LogP contribution in [0, 0.1) is 5.92 Å². The van der Waals surface area contributed by atoms with E-state index in [9.17, 15) is 5.11 Å². The van der Waals surface area contributed by atoms with Gasteiger partial charge in [0.05, 0.1) is 11.1 Å². The molecule has 0 bridgehead atoms. The molecule has 2 rings (SSSR count). The van der Waals surface area contributed by atoms with Gasteiger partial charge < -0.3 is 15.6 Å². The molecule has 17 heavy (non-hydrogen) atoms. The molecule has 0 radical (unpaired) electrons. The molecule has 1 aliphatic rings. The average molecular weight is 257 g/mol. The van der Waals surface area contributed by atoms with E-state index in [4.69, 9.17) is 22.1 Å². The first-order chi connectivity index (χ1) is 8.13. The summed E-state index contributed by atoms with van der Waals surface area (Å²) in [6, 6.07) is 1.66. The molecule has 0 aromatic carbocycles. The summed E-state index contributed by atoms with van der Waals surface area (Å²) in [5, 5.41) is 10.8. The largest absolute Gasteiger partial charge is 0.386 e. The molecule has 1 saturated carbocycles. The van der Waals surface area contributed by atoms with Crippen LogP contribution in [0.2, 0.25) is 5.02 Å². The third-order valence-corrected chi connectivity index (χ3v) is 3.20. The first-order valence-electron chi connectivity index (χ1n) is 5.84. The number of rotatable bonds is 5. The van der Waals surface area contributed by atoms with E-state index in [1.54, 1.807) is 6.07 Å². The summed E-state index contributed by atoms with van der Waals surface area (Å²) in [6.45, 7) is 2.49. The zero-order valence-electron chi connectivity index (χ0n) is 9.77. The molecule has 2 atom stereocenters. The van der Waals surface area contributed by atoms with E-state index in [1.165, 1.54) is 6.20 Å². The average Bonchev–Trinajstić information content (AvgIpc) is 3.12. The lowest BCUT2D eigenvalue weighted by molar-refractivity contribution is -0.0459. The van der Waals surface area contributed by atoms with E-state index in [2.05, 4.69) is 4.98 Å². The van der Waals surface area contributed by atoms with Crippen molar-refractivity contribution in [2.75, 3.05) is 12.3 Å². The quantitative estimate of drug-likeness (QED) is 0.847. The predicted molar refractivity (Wildman–Crippen MR) is 66.8 cm³/mol. The molecule has 0 saturated heterocycles. The minimum absolute atomic E-state index is 0.206. The van der Waals surface area contributed by atoms with Gasteiger partial charge in [-0.15, -0.1) is 0 Å². The van der Waals surface area contributed by atoms with Crippen molar-refractivity contribution in [3.05, 3.63) is 22.8 Å². The van der Waals surface area contributed by atoms with Gasteiger partial charge in [-0.05, 0) is 31.7 Å². The monoisotopic (exact) mass is 256 g/mol. The van der Waals surface area contributed by atoms with Gasteiger partial charge in [-0.25, -0.2) is 4.98 Å². The number of nitrogen functional groups attached to an aromatic ring is 1. The highest BCUT2D eigenvalue weighted by molar-refractivity contribution is 6.30. The smallest absolute Gasteiger partial charge is 0.129 e. The van der Waals surface area contributed by atoms with Crippen molar-refractivity contribution >= 4 is 17.4 Å². The number of nitrogens with zero attached hydrogens (tertiary/aromatic N) is 1. The second kappa shape index (κ2) is 5.21. The number of hydrogen-bond donors (Lipinski definition) is 2. The van der Waals surface area contributed by atoms with Crippen molar-refractivity contribution in [2.45, 2.75) is 32.0 Å². The molecule has 0 aliphatic heterocycles. The fourth-order valence-corrected chi connectivity index (χ4v) is 2.15. The third-order valence-electron chi connectivity index (χ3n) is 2.99. The van der Waals surface area contributed by atoms with E-state index in [-0.39, 0.29) is 6.10 Å². The number of pyridine rings is 1. The zero-order chi connectivity index (χ0) is 12.4.